The lowest BCUT2D eigenvalue weighted by molar-refractivity contribution is -0.134. The van der Waals surface area contributed by atoms with E-state index < -0.39 is 0 Å². The lowest BCUT2D eigenvalue weighted by atomic mass is 10.0. The Kier molecular flexibility index (Phi) is 9.06. The zero-order valence-corrected chi connectivity index (χ0v) is 16.0. The van der Waals surface area contributed by atoms with Crippen LogP contribution in [-0.2, 0) is 11.3 Å². The van der Waals surface area contributed by atoms with Crippen molar-refractivity contribution in [2.75, 3.05) is 26.7 Å². The number of likely N-dealkylation sites (N-methyl/N-ethyl adjacent to an activating group) is 1. The van der Waals surface area contributed by atoms with Crippen molar-refractivity contribution in [2.24, 2.45) is 0 Å². The second kappa shape index (κ2) is 10.2. The van der Waals surface area contributed by atoms with E-state index in [-0.39, 0.29) is 30.9 Å². The number of nitrogens with zero attached hydrogens (tertiary/aromatic N) is 2. The smallest absolute Gasteiger partial charge is 0.239 e. The van der Waals surface area contributed by atoms with Crippen molar-refractivity contribution in [1.29, 1.82) is 0 Å². The van der Waals surface area contributed by atoms with Crippen LogP contribution in [0.5, 0.6) is 0 Å². The zero-order valence-electron chi connectivity index (χ0n) is 14.3. The minimum Gasteiger partial charge on any atom is -0.341 e. The number of halogens is 2. The van der Waals surface area contributed by atoms with Crippen molar-refractivity contribution in [3.63, 3.8) is 0 Å². The van der Waals surface area contributed by atoms with Crippen LogP contribution < -0.4 is 5.32 Å². The van der Waals surface area contributed by atoms with Crippen molar-refractivity contribution in [1.82, 2.24) is 15.1 Å². The van der Waals surface area contributed by atoms with Gasteiger partial charge < -0.3 is 10.2 Å². The van der Waals surface area contributed by atoms with Gasteiger partial charge >= 0.3 is 0 Å². The van der Waals surface area contributed by atoms with Crippen LogP contribution >= 0.6 is 24.8 Å². The van der Waals surface area contributed by atoms with E-state index in [2.05, 4.69) is 40.5 Å². The number of piperidine rings is 1. The average Bonchev–Trinajstić information content (AvgIpc) is 3.10. The molecule has 2 saturated heterocycles. The van der Waals surface area contributed by atoms with Gasteiger partial charge in [0, 0.05) is 32.7 Å². The fraction of sp³-hybridized carbons (Fsp3) is 0.611. The number of hydrogen-bond acceptors (Lipinski definition) is 3. The molecule has 2 heterocycles. The Morgan fingerprint density at radius 1 is 1.17 bits per heavy atom. The topological polar surface area (TPSA) is 35.6 Å². The third-order valence-electron chi connectivity index (χ3n) is 5.06. The van der Waals surface area contributed by atoms with Gasteiger partial charge in [-0.25, -0.2) is 0 Å². The second-order valence-corrected chi connectivity index (χ2v) is 6.59. The monoisotopic (exact) mass is 373 g/mol. The van der Waals surface area contributed by atoms with Crippen LogP contribution in [0.15, 0.2) is 30.3 Å². The highest BCUT2D eigenvalue weighted by Gasteiger charge is 2.30. The number of nitrogens with one attached hydrogen (secondary N) is 1. The molecule has 0 aliphatic carbocycles. The largest absolute Gasteiger partial charge is 0.341 e. The molecule has 1 aromatic carbocycles. The predicted octanol–water partition coefficient (Wildman–Crippen LogP) is 2.71. The first-order valence-corrected chi connectivity index (χ1v) is 8.50. The third kappa shape index (κ3) is 5.35. The number of amides is 1. The summed E-state index contributed by atoms with van der Waals surface area (Å²) in [7, 11) is 1.99. The molecule has 1 aromatic rings. The Morgan fingerprint density at radius 3 is 2.42 bits per heavy atom. The van der Waals surface area contributed by atoms with Crippen LogP contribution in [-0.4, -0.2) is 54.5 Å². The van der Waals surface area contributed by atoms with Gasteiger partial charge in [0.25, 0.3) is 0 Å². The Bertz CT molecular complexity index is 486. The first-order chi connectivity index (χ1) is 10.7. The van der Waals surface area contributed by atoms with Gasteiger partial charge in [-0.3, -0.25) is 9.69 Å². The summed E-state index contributed by atoms with van der Waals surface area (Å²) in [4.78, 5) is 17.0. The van der Waals surface area contributed by atoms with E-state index in [0.29, 0.717) is 11.9 Å². The molecule has 1 amide bonds. The number of hydrogen-bond donors (Lipinski definition) is 1. The second-order valence-electron chi connectivity index (χ2n) is 6.59. The Labute approximate surface area is 157 Å². The third-order valence-corrected chi connectivity index (χ3v) is 5.06. The van der Waals surface area contributed by atoms with E-state index in [9.17, 15) is 4.79 Å². The maximum absolute atomic E-state index is 12.5. The van der Waals surface area contributed by atoms with E-state index in [1.165, 1.54) is 5.56 Å². The highest BCUT2D eigenvalue weighted by Crippen LogP contribution is 2.19. The summed E-state index contributed by atoms with van der Waals surface area (Å²) in [5.74, 6) is 0.291. The first-order valence-electron chi connectivity index (χ1n) is 8.50. The fourth-order valence-corrected chi connectivity index (χ4v) is 3.63. The molecule has 24 heavy (non-hydrogen) atoms. The summed E-state index contributed by atoms with van der Waals surface area (Å²) in [6, 6.07) is 11.1. The Hall–Kier alpha value is -0.810. The quantitative estimate of drug-likeness (QED) is 0.880. The summed E-state index contributed by atoms with van der Waals surface area (Å²) < 4.78 is 0. The molecule has 136 valence electrons. The molecular formula is C18H29Cl2N3O. The first kappa shape index (κ1) is 21.2. The minimum atomic E-state index is 0. The van der Waals surface area contributed by atoms with Crippen LogP contribution in [0.2, 0.25) is 0 Å². The molecule has 0 aromatic heterocycles. The molecule has 0 spiro atoms. The van der Waals surface area contributed by atoms with Crippen LogP contribution in [0.3, 0.4) is 0 Å². The maximum atomic E-state index is 12.5. The molecule has 2 aliphatic heterocycles. The van der Waals surface area contributed by atoms with E-state index in [0.717, 1.165) is 51.9 Å². The molecule has 0 radical (unpaired) electrons. The van der Waals surface area contributed by atoms with E-state index >= 15 is 0 Å². The van der Waals surface area contributed by atoms with Gasteiger partial charge in [-0.05, 0) is 37.8 Å². The molecule has 3 rings (SSSR count). The number of likely N-dealkylation sites (tertiary alicyclic amines) is 1. The fourth-order valence-electron chi connectivity index (χ4n) is 3.63. The highest BCUT2D eigenvalue weighted by atomic mass is 35.5. The van der Waals surface area contributed by atoms with Gasteiger partial charge in [0.15, 0.2) is 0 Å². The lowest BCUT2D eigenvalue weighted by Crippen LogP contribution is -2.50. The standard InChI is InChI=1S/C18H27N3O.2ClH/c1-20(18(22)17-8-5-11-19-17)16-9-12-21(13-10-16)14-15-6-3-2-4-7-15;;/h2-4,6-7,16-17,19H,5,8-14H2,1H3;2*1H/t17-;;/m0../s1. The molecule has 0 bridgehead atoms. The summed E-state index contributed by atoms with van der Waals surface area (Å²) in [5, 5.41) is 3.32. The molecule has 1 atom stereocenters. The number of carbonyl (C=O) groups excluding carboxylic acids is 1. The van der Waals surface area contributed by atoms with Gasteiger partial charge in [0.1, 0.15) is 0 Å². The molecule has 0 saturated carbocycles. The van der Waals surface area contributed by atoms with E-state index in [1.54, 1.807) is 0 Å². The van der Waals surface area contributed by atoms with Gasteiger partial charge in [-0.1, -0.05) is 30.3 Å². The molecule has 6 heteroatoms. The lowest BCUT2D eigenvalue weighted by Gasteiger charge is -2.37. The van der Waals surface area contributed by atoms with Crippen molar-refractivity contribution in [3.8, 4) is 0 Å². The summed E-state index contributed by atoms with van der Waals surface area (Å²) >= 11 is 0. The zero-order chi connectivity index (χ0) is 15.4. The van der Waals surface area contributed by atoms with Crippen LogP contribution in [0.1, 0.15) is 31.2 Å². The molecule has 4 nitrogen and oxygen atoms in total. The maximum Gasteiger partial charge on any atom is 0.239 e. The van der Waals surface area contributed by atoms with Crippen molar-refractivity contribution >= 4 is 30.7 Å². The summed E-state index contributed by atoms with van der Waals surface area (Å²) in [6.45, 7) is 4.17. The molecule has 2 fully saturated rings. The highest BCUT2D eigenvalue weighted by molar-refractivity contribution is 5.85. The van der Waals surface area contributed by atoms with Gasteiger partial charge in [-0.2, -0.15) is 0 Å². The van der Waals surface area contributed by atoms with Crippen molar-refractivity contribution in [3.05, 3.63) is 35.9 Å². The van der Waals surface area contributed by atoms with Crippen LogP contribution in [0.25, 0.3) is 0 Å². The molecular weight excluding hydrogens is 345 g/mol. The van der Waals surface area contributed by atoms with E-state index in [4.69, 9.17) is 0 Å². The summed E-state index contributed by atoms with van der Waals surface area (Å²) in [5.41, 5.74) is 1.38. The number of carbonyl (C=O) groups is 1. The molecule has 2 aliphatic rings. The molecule has 0 unspecified atom stereocenters. The Balaban J connectivity index is 0.00000144. The minimum absolute atomic E-state index is 0. The molecule has 1 N–H and O–H groups in total. The van der Waals surface area contributed by atoms with Gasteiger partial charge in [-0.15, -0.1) is 24.8 Å². The average molecular weight is 374 g/mol. The van der Waals surface area contributed by atoms with Gasteiger partial charge in [0.2, 0.25) is 5.91 Å². The van der Waals surface area contributed by atoms with Crippen LogP contribution in [0, 0.1) is 0 Å². The summed E-state index contributed by atoms with van der Waals surface area (Å²) in [6.07, 6.45) is 4.29. The van der Waals surface area contributed by atoms with E-state index in [1.807, 2.05) is 11.9 Å². The number of rotatable bonds is 4. The van der Waals surface area contributed by atoms with Gasteiger partial charge in [0.05, 0.1) is 6.04 Å². The SMILES string of the molecule is CN(C(=O)[C@@H]1CCCN1)C1CCN(Cc2ccccc2)CC1.Cl.Cl. The van der Waals surface area contributed by atoms with Crippen molar-refractivity contribution in [2.45, 2.75) is 44.3 Å². The Morgan fingerprint density at radius 2 is 1.83 bits per heavy atom. The van der Waals surface area contributed by atoms with Crippen molar-refractivity contribution < 1.29 is 4.79 Å². The predicted molar refractivity (Wildman–Crippen MR) is 103 cm³/mol. The normalized spacial score (nSPS) is 21.6. The van der Waals surface area contributed by atoms with Crippen LogP contribution in [0.4, 0.5) is 0 Å². The number of benzene rings is 1.